The summed E-state index contributed by atoms with van der Waals surface area (Å²) in [6.45, 7) is 6.32. The third-order valence-electron chi connectivity index (χ3n) is 3.37. The van der Waals surface area contributed by atoms with Crippen molar-refractivity contribution in [1.29, 1.82) is 0 Å². The minimum absolute atomic E-state index is 0.162. The lowest BCUT2D eigenvalue weighted by atomic mass is 9.96. The van der Waals surface area contributed by atoms with Crippen molar-refractivity contribution in [2.24, 2.45) is 11.7 Å². The molecular weight excluding hydrogens is 212 g/mol. The molecule has 0 spiro atoms. The van der Waals surface area contributed by atoms with Crippen LogP contribution in [-0.4, -0.2) is 30.4 Å². The van der Waals surface area contributed by atoms with E-state index in [0.29, 0.717) is 12.5 Å². The monoisotopic (exact) mass is 232 g/mol. The average Bonchev–Trinajstić information content (AvgIpc) is 2.33. The van der Waals surface area contributed by atoms with E-state index in [4.69, 9.17) is 5.73 Å². The molecule has 3 nitrogen and oxygen atoms in total. The SMILES string of the molecule is Cc1ccc2c(c1)C(=O)N(CC(C)CN)CC2. The number of carbonyl (C=O) groups excluding carboxylic acids is 1. The molecule has 0 bridgehead atoms. The van der Waals surface area contributed by atoms with E-state index < -0.39 is 0 Å². The summed E-state index contributed by atoms with van der Waals surface area (Å²) < 4.78 is 0. The number of hydrogen-bond acceptors (Lipinski definition) is 2. The Kier molecular flexibility index (Phi) is 3.48. The normalized spacial score (nSPS) is 16.9. The first-order valence-corrected chi connectivity index (χ1v) is 6.20. The molecule has 0 saturated heterocycles. The van der Waals surface area contributed by atoms with Crippen LogP contribution in [0.4, 0.5) is 0 Å². The van der Waals surface area contributed by atoms with E-state index >= 15 is 0 Å². The summed E-state index contributed by atoms with van der Waals surface area (Å²) in [5, 5.41) is 0. The molecule has 1 aliphatic rings. The topological polar surface area (TPSA) is 46.3 Å². The molecule has 17 heavy (non-hydrogen) atoms. The second-order valence-electron chi connectivity index (χ2n) is 5.00. The Labute approximate surface area is 103 Å². The van der Waals surface area contributed by atoms with Gasteiger partial charge in [-0.25, -0.2) is 0 Å². The van der Waals surface area contributed by atoms with Crippen molar-refractivity contribution in [3.63, 3.8) is 0 Å². The van der Waals surface area contributed by atoms with Gasteiger partial charge in [-0.1, -0.05) is 24.6 Å². The first-order chi connectivity index (χ1) is 8.11. The van der Waals surface area contributed by atoms with Crippen molar-refractivity contribution in [3.05, 3.63) is 34.9 Å². The van der Waals surface area contributed by atoms with Crippen molar-refractivity contribution in [1.82, 2.24) is 4.90 Å². The summed E-state index contributed by atoms with van der Waals surface area (Å²) in [4.78, 5) is 14.2. The van der Waals surface area contributed by atoms with Crippen LogP contribution in [0.2, 0.25) is 0 Å². The molecule has 1 atom stereocenters. The van der Waals surface area contributed by atoms with Crippen LogP contribution in [0.15, 0.2) is 18.2 Å². The van der Waals surface area contributed by atoms with Crippen LogP contribution in [0.1, 0.15) is 28.4 Å². The fourth-order valence-electron chi connectivity index (χ4n) is 2.26. The van der Waals surface area contributed by atoms with Crippen LogP contribution in [0.25, 0.3) is 0 Å². The van der Waals surface area contributed by atoms with E-state index in [2.05, 4.69) is 19.1 Å². The highest BCUT2D eigenvalue weighted by Gasteiger charge is 2.24. The summed E-state index contributed by atoms with van der Waals surface area (Å²) >= 11 is 0. The molecule has 1 aromatic carbocycles. The van der Waals surface area contributed by atoms with E-state index in [-0.39, 0.29) is 5.91 Å². The number of benzene rings is 1. The van der Waals surface area contributed by atoms with Gasteiger partial charge < -0.3 is 10.6 Å². The molecule has 0 aromatic heterocycles. The van der Waals surface area contributed by atoms with E-state index in [9.17, 15) is 4.79 Å². The van der Waals surface area contributed by atoms with E-state index in [0.717, 1.165) is 30.6 Å². The number of hydrogen-bond donors (Lipinski definition) is 1. The molecule has 2 N–H and O–H groups in total. The number of aryl methyl sites for hydroxylation is 1. The highest BCUT2D eigenvalue weighted by Crippen LogP contribution is 2.20. The van der Waals surface area contributed by atoms with Gasteiger partial charge in [-0.05, 0) is 37.4 Å². The summed E-state index contributed by atoms with van der Waals surface area (Å²) in [5.74, 6) is 0.528. The molecule has 0 fully saturated rings. The number of amides is 1. The maximum atomic E-state index is 12.3. The van der Waals surface area contributed by atoms with Gasteiger partial charge in [0.05, 0.1) is 0 Å². The molecule has 0 saturated carbocycles. The summed E-state index contributed by atoms with van der Waals surface area (Å²) in [6.07, 6.45) is 0.957. The van der Waals surface area contributed by atoms with Gasteiger partial charge in [0.15, 0.2) is 0 Å². The van der Waals surface area contributed by atoms with Gasteiger partial charge in [-0.2, -0.15) is 0 Å². The van der Waals surface area contributed by atoms with Crippen LogP contribution in [0.5, 0.6) is 0 Å². The minimum Gasteiger partial charge on any atom is -0.338 e. The number of nitrogens with zero attached hydrogens (tertiary/aromatic N) is 1. The molecule has 3 heteroatoms. The third-order valence-corrected chi connectivity index (χ3v) is 3.37. The standard InChI is InChI=1S/C14H20N2O/c1-10-3-4-12-5-6-16(9-11(2)8-15)14(17)13(12)7-10/h3-4,7,11H,5-6,8-9,15H2,1-2H3. The van der Waals surface area contributed by atoms with Crippen LogP contribution >= 0.6 is 0 Å². The number of nitrogens with two attached hydrogens (primary N) is 1. The Bertz CT molecular complexity index is 428. The molecule has 1 amide bonds. The van der Waals surface area contributed by atoms with Crippen molar-refractivity contribution < 1.29 is 4.79 Å². The van der Waals surface area contributed by atoms with Crippen molar-refractivity contribution >= 4 is 5.91 Å². The fraction of sp³-hybridized carbons (Fsp3) is 0.500. The quantitative estimate of drug-likeness (QED) is 0.860. The number of carbonyl (C=O) groups is 1. The molecule has 0 radical (unpaired) electrons. The Morgan fingerprint density at radius 2 is 2.24 bits per heavy atom. The molecule has 2 rings (SSSR count). The second-order valence-corrected chi connectivity index (χ2v) is 5.00. The number of fused-ring (bicyclic) bond motifs is 1. The molecule has 0 aliphatic carbocycles. The van der Waals surface area contributed by atoms with Gasteiger partial charge in [0.1, 0.15) is 0 Å². The Morgan fingerprint density at radius 1 is 1.47 bits per heavy atom. The van der Waals surface area contributed by atoms with Crippen molar-refractivity contribution in [2.45, 2.75) is 20.3 Å². The highest BCUT2D eigenvalue weighted by atomic mass is 16.2. The van der Waals surface area contributed by atoms with Crippen LogP contribution in [0.3, 0.4) is 0 Å². The smallest absolute Gasteiger partial charge is 0.254 e. The fourth-order valence-corrected chi connectivity index (χ4v) is 2.26. The van der Waals surface area contributed by atoms with Gasteiger partial charge >= 0.3 is 0 Å². The lowest BCUT2D eigenvalue weighted by Gasteiger charge is -2.30. The molecule has 92 valence electrons. The van der Waals surface area contributed by atoms with Gasteiger partial charge in [0.2, 0.25) is 0 Å². The predicted octanol–water partition coefficient (Wildman–Crippen LogP) is 1.59. The first-order valence-electron chi connectivity index (χ1n) is 6.20. The lowest BCUT2D eigenvalue weighted by molar-refractivity contribution is 0.0717. The lowest BCUT2D eigenvalue weighted by Crippen LogP contribution is -2.41. The molecule has 1 aliphatic heterocycles. The Balaban J connectivity index is 2.20. The Hall–Kier alpha value is -1.35. The largest absolute Gasteiger partial charge is 0.338 e. The minimum atomic E-state index is 0.162. The van der Waals surface area contributed by atoms with Gasteiger partial charge in [-0.15, -0.1) is 0 Å². The highest BCUT2D eigenvalue weighted by molar-refractivity contribution is 5.96. The van der Waals surface area contributed by atoms with Crippen LogP contribution in [0, 0.1) is 12.8 Å². The molecular formula is C14H20N2O. The molecule has 1 unspecified atom stereocenters. The van der Waals surface area contributed by atoms with E-state index in [1.165, 1.54) is 5.56 Å². The summed E-state index contributed by atoms with van der Waals surface area (Å²) in [7, 11) is 0. The first kappa shape index (κ1) is 12.1. The maximum Gasteiger partial charge on any atom is 0.254 e. The zero-order chi connectivity index (χ0) is 12.4. The molecule has 1 heterocycles. The number of rotatable bonds is 3. The van der Waals surface area contributed by atoms with Gasteiger partial charge in [0.25, 0.3) is 5.91 Å². The third kappa shape index (κ3) is 2.50. The summed E-state index contributed by atoms with van der Waals surface area (Å²) in [5.41, 5.74) is 8.81. The zero-order valence-electron chi connectivity index (χ0n) is 10.6. The predicted molar refractivity (Wildman–Crippen MR) is 69.0 cm³/mol. The Morgan fingerprint density at radius 3 is 2.94 bits per heavy atom. The average molecular weight is 232 g/mol. The summed E-state index contributed by atoms with van der Waals surface area (Å²) in [6, 6.07) is 6.15. The van der Waals surface area contributed by atoms with E-state index in [1.54, 1.807) is 0 Å². The van der Waals surface area contributed by atoms with Crippen molar-refractivity contribution in [3.8, 4) is 0 Å². The van der Waals surface area contributed by atoms with E-state index in [1.807, 2.05) is 17.9 Å². The van der Waals surface area contributed by atoms with Crippen LogP contribution < -0.4 is 5.73 Å². The second kappa shape index (κ2) is 4.88. The van der Waals surface area contributed by atoms with Gasteiger partial charge in [-0.3, -0.25) is 4.79 Å². The van der Waals surface area contributed by atoms with Gasteiger partial charge in [0, 0.05) is 18.7 Å². The maximum absolute atomic E-state index is 12.3. The zero-order valence-corrected chi connectivity index (χ0v) is 10.6. The molecule has 1 aromatic rings. The van der Waals surface area contributed by atoms with Crippen LogP contribution in [-0.2, 0) is 6.42 Å². The van der Waals surface area contributed by atoms with Crippen molar-refractivity contribution in [2.75, 3.05) is 19.6 Å².